The number of phosphoric acid groups is 1. The highest BCUT2D eigenvalue weighted by atomic mass is 31.2. The second kappa shape index (κ2) is 18.7. The molecule has 1 saturated heterocycles. The largest absolute Gasteiger partial charge is 0.472 e. The fraction of sp³-hybridized carbons (Fsp3) is 0.962. The van der Waals surface area contributed by atoms with Gasteiger partial charge in [-0.25, -0.2) is 4.57 Å². The molecule has 36 heavy (non-hydrogen) atoms. The van der Waals surface area contributed by atoms with Crippen LogP contribution in [-0.2, 0) is 27.9 Å². The molecular formula is C26H53NO8P+. The van der Waals surface area contributed by atoms with E-state index in [4.69, 9.17) is 18.5 Å². The van der Waals surface area contributed by atoms with E-state index in [-0.39, 0.29) is 19.2 Å². The summed E-state index contributed by atoms with van der Waals surface area (Å²) in [6, 6.07) is 0. The molecule has 1 aliphatic heterocycles. The lowest BCUT2D eigenvalue weighted by molar-refractivity contribution is -0.870. The molecule has 9 nitrogen and oxygen atoms in total. The van der Waals surface area contributed by atoms with E-state index >= 15 is 0 Å². The van der Waals surface area contributed by atoms with Gasteiger partial charge in [0, 0.05) is 6.42 Å². The molecule has 0 saturated carbocycles. The van der Waals surface area contributed by atoms with Gasteiger partial charge in [0.1, 0.15) is 25.9 Å². The van der Waals surface area contributed by atoms with Crippen LogP contribution in [0, 0.1) is 0 Å². The van der Waals surface area contributed by atoms with Crippen molar-refractivity contribution in [3.8, 4) is 0 Å². The van der Waals surface area contributed by atoms with Crippen LogP contribution >= 0.6 is 7.82 Å². The molecule has 0 aromatic carbocycles. The number of hydrogen-bond donors (Lipinski definition) is 2. The van der Waals surface area contributed by atoms with Crippen LogP contribution in [0.3, 0.4) is 0 Å². The molecule has 1 rings (SSSR count). The van der Waals surface area contributed by atoms with Crippen molar-refractivity contribution in [1.29, 1.82) is 0 Å². The van der Waals surface area contributed by atoms with Crippen LogP contribution < -0.4 is 0 Å². The number of nitrogens with zero attached hydrogens (tertiary/aromatic N) is 1. The van der Waals surface area contributed by atoms with Crippen LogP contribution in [0.1, 0.15) is 96.8 Å². The first-order chi connectivity index (χ1) is 17.0. The standard InChI is InChI=1S/C26H52NO8P/c1-5-6-7-8-10-13-16-24-25(35-24)17-14-11-9-12-15-18-26(29)32-21-23(28)22-34-36(30,31)33-20-19-27(2,3)4/h23-25,28H,5-22H2,1-4H3/p+1/t23-,24+,25-/m1/s1. The maximum atomic E-state index is 11.8. The Hall–Kier alpha value is -0.540. The monoisotopic (exact) mass is 538 g/mol. The van der Waals surface area contributed by atoms with Crippen molar-refractivity contribution in [2.45, 2.75) is 115 Å². The summed E-state index contributed by atoms with van der Waals surface area (Å²) in [5.41, 5.74) is 0. The lowest BCUT2D eigenvalue weighted by Crippen LogP contribution is -2.37. The van der Waals surface area contributed by atoms with Crippen molar-refractivity contribution in [2.75, 3.05) is 47.5 Å². The highest BCUT2D eigenvalue weighted by molar-refractivity contribution is 7.47. The van der Waals surface area contributed by atoms with Gasteiger partial charge in [-0.15, -0.1) is 0 Å². The Morgan fingerprint density at radius 3 is 2.03 bits per heavy atom. The second-order valence-corrected chi connectivity index (χ2v) is 12.5. The molecule has 4 atom stereocenters. The van der Waals surface area contributed by atoms with Crippen LogP contribution in [0.5, 0.6) is 0 Å². The van der Waals surface area contributed by atoms with Crippen molar-refractivity contribution >= 4 is 13.8 Å². The average molecular weight is 539 g/mol. The van der Waals surface area contributed by atoms with Gasteiger partial charge < -0.3 is 24.0 Å². The van der Waals surface area contributed by atoms with Gasteiger partial charge in [0.05, 0.1) is 40.0 Å². The Balaban J connectivity index is 1.92. The summed E-state index contributed by atoms with van der Waals surface area (Å²) in [5, 5.41) is 9.84. The lowest BCUT2D eigenvalue weighted by Gasteiger charge is -2.24. The second-order valence-electron chi connectivity index (χ2n) is 11.0. The minimum absolute atomic E-state index is 0.0521. The number of aliphatic hydroxyl groups is 1. The first-order valence-corrected chi connectivity index (χ1v) is 15.4. The Labute approximate surface area is 219 Å². The molecule has 0 amide bonds. The number of epoxide rings is 1. The predicted octanol–water partition coefficient (Wildman–Crippen LogP) is 4.98. The van der Waals surface area contributed by atoms with E-state index in [1.165, 1.54) is 51.4 Å². The minimum atomic E-state index is -4.25. The molecule has 0 aromatic rings. The third-order valence-electron chi connectivity index (χ3n) is 6.28. The number of phosphoric ester groups is 1. The number of carbonyl (C=O) groups excluding carboxylic acids is 1. The van der Waals surface area contributed by atoms with Gasteiger partial charge in [0.25, 0.3) is 0 Å². The maximum absolute atomic E-state index is 11.8. The van der Waals surface area contributed by atoms with Gasteiger partial charge in [-0.3, -0.25) is 13.8 Å². The quantitative estimate of drug-likeness (QED) is 0.0581. The van der Waals surface area contributed by atoms with Gasteiger partial charge in [0.15, 0.2) is 0 Å². The van der Waals surface area contributed by atoms with Gasteiger partial charge in [0.2, 0.25) is 0 Å². The third kappa shape index (κ3) is 19.6. The lowest BCUT2D eigenvalue weighted by atomic mass is 10.0. The summed E-state index contributed by atoms with van der Waals surface area (Å²) >= 11 is 0. The summed E-state index contributed by atoms with van der Waals surface area (Å²) in [4.78, 5) is 21.5. The number of quaternary nitrogens is 1. The SMILES string of the molecule is CCCCCCCC[C@@H]1O[C@@H]1CCCCCCCC(=O)OC[C@@H](O)COP(=O)(O)OCC[N+](C)(C)C. The van der Waals surface area contributed by atoms with E-state index in [0.717, 1.165) is 32.1 Å². The first kappa shape index (κ1) is 33.5. The fourth-order valence-electron chi connectivity index (χ4n) is 3.92. The number of unbranched alkanes of at least 4 members (excludes halogenated alkanes) is 9. The summed E-state index contributed by atoms with van der Waals surface area (Å²) in [5.74, 6) is -0.385. The van der Waals surface area contributed by atoms with E-state index in [1.54, 1.807) is 0 Å². The maximum Gasteiger partial charge on any atom is 0.472 e. The van der Waals surface area contributed by atoms with Crippen LogP contribution in [0.4, 0.5) is 0 Å². The van der Waals surface area contributed by atoms with Crippen molar-refractivity contribution in [3.05, 3.63) is 0 Å². The molecule has 2 N–H and O–H groups in total. The van der Waals surface area contributed by atoms with Crippen molar-refractivity contribution < 1.29 is 42.4 Å². The van der Waals surface area contributed by atoms with Crippen molar-refractivity contribution in [3.63, 3.8) is 0 Å². The summed E-state index contributed by atoms with van der Waals surface area (Å²) in [7, 11) is 1.55. The highest BCUT2D eigenvalue weighted by Gasteiger charge is 2.36. The van der Waals surface area contributed by atoms with Gasteiger partial charge in [-0.2, -0.15) is 0 Å². The topological polar surface area (TPSA) is 115 Å². The Kier molecular flexibility index (Phi) is 17.4. The Morgan fingerprint density at radius 1 is 0.889 bits per heavy atom. The molecule has 1 aliphatic rings. The molecule has 1 fully saturated rings. The molecule has 214 valence electrons. The molecule has 0 radical (unpaired) electrons. The smallest absolute Gasteiger partial charge is 0.463 e. The van der Waals surface area contributed by atoms with E-state index < -0.39 is 20.5 Å². The zero-order valence-corrected chi connectivity index (χ0v) is 24.1. The summed E-state index contributed by atoms with van der Waals surface area (Å²) < 4.78 is 32.9. The van der Waals surface area contributed by atoms with Crippen LogP contribution in [0.25, 0.3) is 0 Å². The molecular weight excluding hydrogens is 485 g/mol. The van der Waals surface area contributed by atoms with E-state index in [2.05, 4.69) is 6.92 Å². The van der Waals surface area contributed by atoms with Crippen LogP contribution in [-0.4, -0.2) is 86.3 Å². The number of esters is 1. The normalized spacial score (nSPS) is 20.2. The summed E-state index contributed by atoms with van der Waals surface area (Å²) in [6.07, 6.45) is 15.5. The van der Waals surface area contributed by atoms with E-state index in [9.17, 15) is 19.4 Å². The Morgan fingerprint density at radius 2 is 1.44 bits per heavy atom. The van der Waals surface area contributed by atoms with E-state index in [1.807, 2.05) is 21.1 Å². The van der Waals surface area contributed by atoms with Gasteiger partial charge >= 0.3 is 13.8 Å². The van der Waals surface area contributed by atoms with Crippen LogP contribution in [0.2, 0.25) is 0 Å². The first-order valence-electron chi connectivity index (χ1n) is 13.9. The van der Waals surface area contributed by atoms with E-state index in [0.29, 0.717) is 29.7 Å². The zero-order valence-electron chi connectivity index (χ0n) is 23.2. The fourth-order valence-corrected chi connectivity index (χ4v) is 4.66. The molecule has 1 heterocycles. The molecule has 0 aromatic heterocycles. The molecule has 1 unspecified atom stereocenters. The number of aliphatic hydroxyl groups excluding tert-OH is 1. The highest BCUT2D eigenvalue weighted by Crippen LogP contribution is 2.43. The number of likely N-dealkylation sites (N-methyl/N-ethyl adjacent to an activating group) is 1. The molecule has 0 aliphatic carbocycles. The molecule has 0 bridgehead atoms. The third-order valence-corrected chi connectivity index (χ3v) is 7.27. The summed E-state index contributed by atoms with van der Waals surface area (Å²) in [6.45, 7) is 2.10. The number of ether oxygens (including phenoxy) is 2. The van der Waals surface area contributed by atoms with Crippen molar-refractivity contribution in [2.24, 2.45) is 0 Å². The number of hydrogen-bond acceptors (Lipinski definition) is 7. The van der Waals surface area contributed by atoms with Crippen LogP contribution in [0.15, 0.2) is 0 Å². The number of carbonyl (C=O) groups is 1. The molecule has 0 spiro atoms. The minimum Gasteiger partial charge on any atom is -0.463 e. The predicted molar refractivity (Wildman–Crippen MR) is 141 cm³/mol. The number of rotatable bonds is 24. The average Bonchev–Trinajstić information content (AvgIpc) is 3.55. The molecule has 10 heteroatoms. The Bertz CT molecular complexity index is 628. The van der Waals surface area contributed by atoms with Gasteiger partial charge in [-0.05, 0) is 19.3 Å². The van der Waals surface area contributed by atoms with Crippen molar-refractivity contribution in [1.82, 2.24) is 0 Å². The zero-order chi connectivity index (χ0) is 26.9. The van der Waals surface area contributed by atoms with Gasteiger partial charge in [-0.1, -0.05) is 71.1 Å².